The molecule has 0 atom stereocenters. The predicted molar refractivity (Wildman–Crippen MR) is 82.1 cm³/mol. The third-order valence-corrected chi connectivity index (χ3v) is 3.84. The summed E-state index contributed by atoms with van der Waals surface area (Å²) >= 11 is 24.1. The van der Waals surface area contributed by atoms with E-state index in [2.05, 4.69) is 5.43 Å². The molecular weight excluding hydrogens is 326 g/mol. The van der Waals surface area contributed by atoms with Crippen molar-refractivity contribution in [3.8, 4) is 0 Å². The smallest absolute Gasteiger partial charge is 0.0738 e. The highest BCUT2D eigenvalue weighted by Gasteiger charge is 2.18. The Hall–Kier alpha value is -0.480. The normalized spacial score (nSPS) is 11.1. The summed E-state index contributed by atoms with van der Waals surface area (Å²) in [7, 11) is 0. The summed E-state index contributed by atoms with van der Waals surface area (Å²) in [5.74, 6) is 5.62. The highest BCUT2D eigenvalue weighted by molar-refractivity contribution is 6.36. The average molecular weight is 336 g/mol. The maximum atomic E-state index is 6.19. The lowest BCUT2D eigenvalue weighted by atomic mass is 9.99. The SMILES string of the molecule is NNC(c1ccc(Cl)cc1Cl)c1ccc(Cl)cc1Cl. The number of hydrogen-bond acceptors (Lipinski definition) is 2. The lowest BCUT2D eigenvalue weighted by Crippen LogP contribution is -2.29. The van der Waals surface area contributed by atoms with E-state index < -0.39 is 0 Å². The molecule has 0 amide bonds. The Morgan fingerprint density at radius 1 is 0.789 bits per heavy atom. The summed E-state index contributed by atoms with van der Waals surface area (Å²) in [6.45, 7) is 0. The molecule has 0 saturated carbocycles. The van der Waals surface area contributed by atoms with E-state index in [1.165, 1.54) is 0 Å². The quantitative estimate of drug-likeness (QED) is 0.621. The fourth-order valence-electron chi connectivity index (χ4n) is 1.82. The van der Waals surface area contributed by atoms with Crippen LogP contribution in [0.4, 0.5) is 0 Å². The van der Waals surface area contributed by atoms with Crippen LogP contribution in [-0.4, -0.2) is 0 Å². The zero-order valence-electron chi connectivity index (χ0n) is 9.63. The third-order valence-electron chi connectivity index (χ3n) is 2.71. The molecule has 0 spiro atoms. The van der Waals surface area contributed by atoms with Crippen molar-refractivity contribution in [1.82, 2.24) is 5.43 Å². The van der Waals surface area contributed by atoms with E-state index in [0.717, 1.165) is 11.1 Å². The molecule has 0 heterocycles. The molecular formula is C13H10Cl4N2. The van der Waals surface area contributed by atoms with Gasteiger partial charge in [-0.15, -0.1) is 0 Å². The summed E-state index contributed by atoms with van der Waals surface area (Å²) in [6, 6.07) is 10.1. The van der Waals surface area contributed by atoms with Crippen LogP contribution < -0.4 is 11.3 Å². The molecule has 0 aliphatic heterocycles. The molecule has 0 radical (unpaired) electrons. The van der Waals surface area contributed by atoms with Gasteiger partial charge in [0.1, 0.15) is 0 Å². The number of halogens is 4. The summed E-state index contributed by atoms with van der Waals surface area (Å²) < 4.78 is 0. The van der Waals surface area contributed by atoms with Crippen LogP contribution in [0, 0.1) is 0 Å². The zero-order valence-corrected chi connectivity index (χ0v) is 12.7. The lowest BCUT2D eigenvalue weighted by molar-refractivity contribution is 0.637. The molecule has 3 N–H and O–H groups in total. The molecule has 6 heteroatoms. The van der Waals surface area contributed by atoms with Crippen molar-refractivity contribution >= 4 is 46.4 Å². The molecule has 2 nitrogen and oxygen atoms in total. The number of nitrogens with one attached hydrogen (secondary N) is 1. The molecule has 19 heavy (non-hydrogen) atoms. The Balaban J connectivity index is 2.50. The van der Waals surface area contributed by atoms with Crippen LogP contribution in [0.1, 0.15) is 17.2 Å². The average Bonchev–Trinajstić information content (AvgIpc) is 2.34. The number of nitrogens with two attached hydrogens (primary N) is 1. The van der Waals surface area contributed by atoms with Crippen LogP contribution in [0.2, 0.25) is 20.1 Å². The van der Waals surface area contributed by atoms with Crippen molar-refractivity contribution < 1.29 is 0 Å². The second-order valence-electron chi connectivity index (χ2n) is 3.93. The van der Waals surface area contributed by atoms with Gasteiger partial charge >= 0.3 is 0 Å². The number of hydrazine groups is 1. The lowest BCUT2D eigenvalue weighted by Gasteiger charge is -2.19. The van der Waals surface area contributed by atoms with Gasteiger partial charge in [0.25, 0.3) is 0 Å². The monoisotopic (exact) mass is 334 g/mol. The van der Waals surface area contributed by atoms with Gasteiger partial charge in [0.05, 0.1) is 6.04 Å². The molecule has 100 valence electrons. The molecule has 2 aromatic rings. The summed E-state index contributed by atoms with van der Waals surface area (Å²) in [4.78, 5) is 0. The number of benzene rings is 2. The van der Waals surface area contributed by atoms with Crippen molar-refractivity contribution in [2.75, 3.05) is 0 Å². The van der Waals surface area contributed by atoms with E-state index in [-0.39, 0.29) is 6.04 Å². The molecule has 2 rings (SSSR count). The standard InChI is InChI=1S/C13H10Cl4N2/c14-7-1-3-9(11(16)5-7)13(19-18)10-4-2-8(15)6-12(10)17/h1-6,13,19H,18H2. The minimum Gasteiger partial charge on any atom is -0.271 e. The van der Waals surface area contributed by atoms with Crippen molar-refractivity contribution in [3.63, 3.8) is 0 Å². The summed E-state index contributed by atoms with van der Waals surface area (Å²) in [6.07, 6.45) is 0. The summed E-state index contributed by atoms with van der Waals surface area (Å²) in [5.41, 5.74) is 4.28. The van der Waals surface area contributed by atoms with Crippen LogP contribution in [-0.2, 0) is 0 Å². The molecule has 0 unspecified atom stereocenters. The minimum atomic E-state index is -0.338. The fraction of sp³-hybridized carbons (Fsp3) is 0.0769. The van der Waals surface area contributed by atoms with E-state index in [9.17, 15) is 0 Å². The van der Waals surface area contributed by atoms with Crippen molar-refractivity contribution in [2.45, 2.75) is 6.04 Å². The van der Waals surface area contributed by atoms with Crippen LogP contribution in [0.5, 0.6) is 0 Å². The highest BCUT2D eigenvalue weighted by Crippen LogP contribution is 2.34. The molecule has 0 aromatic heterocycles. The van der Waals surface area contributed by atoms with E-state index in [1.54, 1.807) is 36.4 Å². The highest BCUT2D eigenvalue weighted by atomic mass is 35.5. The largest absolute Gasteiger partial charge is 0.271 e. The third kappa shape index (κ3) is 3.34. The van der Waals surface area contributed by atoms with Crippen molar-refractivity contribution in [1.29, 1.82) is 0 Å². The summed E-state index contributed by atoms with van der Waals surface area (Å²) in [5, 5.41) is 2.15. The van der Waals surface area contributed by atoms with Gasteiger partial charge in [-0.25, -0.2) is 5.43 Å². The van der Waals surface area contributed by atoms with Gasteiger partial charge < -0.3 is 0 Å². The van der Waals surface area contributed by atoms with Gasteiger partial charge in [0, 0.05) is 20.1 Å². The van der Waals surface area contributed by atoms with E-state index in [1.807, 2.05) is 0 Å². The van der Waals surface area contributed by atoms with E-state index in [0.29, 0.717) is 20.1 Å². The molecule has 2 aromatic carbocycles. The van der Waals surface area contributed by atoms with E-state index >= 15 is 0 Å². The van der Waals surface area contributed by atoms with Gasteiger partial charge in [-0.05, 0) is 35.4 Å². The van der Waals surface area contributed by atoms with Crippen LogP contribution in [0.3, 0.4) is 0 Å². The Kier molecular flexibility index (Phi) is 4.96. The van der Waals surface area contributed by atoms with Gasteiger partial charge in [-0.1, -0.05) is 58.5 Å². The molecule has 0 fully saturated rings. The van der Waals surface area contributed by atoms with Gasteiger partial charge in [-0.2, -0.15) is 0 Å². The topological polar surface area (TPSA) is 38.0 Å². The zero-order chi connectivity index (χ0) is 14.0. The maximum Gasteiger partial charge on any atom is 0.0738 e. The Morgan fingerprint density at radius 2 is 1.21 bits per heavy atom. The first kappa shape index (κ1) is 14.9. The van der Waals surface area contributed by atoms with Gasteiger partial charge in [0.2, 0.25) is 0 Å². The van der Waals surface area contributed by atoms with Crippen LogP contribution in [0.15, 0.2) is 36.4 Å². The molecule has 0 saturated heterocycles. The van der Waals surface area contributed by atoms with Gasteiger partial charge in [-0.3, -0.25) is 5.84 Å². The Morgan fingerprint density at radius 3 is 1.53 bits per heavy atom. The number of rotatable bonds is 3. The molecule has 0 aliphatic carbocycles. The van der Waals surface area contributed by atoms with Crippen LogP contribution >= 0.6 is 46.4 Å². The fourth-order valence-corrected chi connectivity index (χ4v) is 2.85. The molecule has 0 aliphatic rings. The first-order chi connectivity index (χ1) is 9.02. The van der Waals surface area contributed by atoms with Crippen molar-refractivity contribution in [3.05, 3.63) is 67.6 Å². The number of hydrogen-bond donors (Lipinski definition) is 2. The first-order valence-electron chi connectivity index (χ1n) is 5.39. The minimum absolute atomic E-state index is 0.338. The first-order valence-corrected chi connectivity index (χ1v) is 6.90. The molecule has 0 bridgehead atoms. The van der Waals surface area contributed by atoms with Crippen molar-refractivity contribution in [2.24, 2.45) is 5.84 Å². The second kappa shape index (κ2) is 6.31. The predicted octanol–water partition coefficient (Wildman–Crippen LogP) is 4.85. The second-order valence-corrected chi connectivity index (χ2v) is 5.62. The van der Waals surface area contributed by atoms with Crippen LogP contribution in [0.25, 0.3) is 0 Å². The Labute approximate surface area is 131 Å². The Bertz CT molecular complexity index is 550. The maximum absolute atomic E-state index is 6.19. The van der Waals surface area contributed by atoms with E-state index in [4.69, 9.17) is 52.2 Å². The van der Waals surface area contributed by atoms with Gasteiger partial charge in [0.15, 0.2) is 0 Å².